The maximum Gasteiger partial charge on any atom is 0.277 e. The number of methoxy groups -OCH3 is 1. The fourth-order valence-corrected chi connectivity index (χ4v) is 2.46. The molecule has 0 spiro atoms. The molecule has 6 heteroatoms. The molecule has 0 atom stereocenters. The molecule has 0 aliphatic carbocycles. The number of ether oxygens (including phenoxy) is 1. The van der Waals surface area contributed by atoms with Crippen molar-refractivity contribution < 1.29 is 4.74 Å². The van der Waals surface area contributed by atoms with Crippen molar-refractivity contribution >= 4 is 16.7 Å². The highest BCUT2D eigenvalue weighted by molar-refractivity contribution is 5.76. The van der Waals surface area contributed by atoms with Gasteiger partial charge in [0.1, 0.15) is 11.8 Å². The Kier molecular flexibility index (Phi) is 4.80. The van der Waals surface area contributed by atoms with E-state index in [0.29, 0.717) is 29.3 Å². The fourth-order valence-electron chi connectivity index (χ4n) is 2.46. The summed E-state index contributed by atoms with van der Waals surface area (Å²) in [5.41, 5.74) is 2.75. The zero-order valence-electron chi connectivity index (χ0n) is 13.8. The largest absolute Gasteiger partial charge is 0.481 e. The number of nitrogens with zero attached hydrogens (tertiary/aromatic N) is 4. The van der Waals surface area contributed by atoms with Crippen molar-refractivity contribution in [2.75, 3.05) is 7.11 Å². The van der Waals surface area contributed by atoms with Crippen LogP contribution in [0.3, 0.4) is 0 Å². The number of hydrogen-bond donors (Lipinski definition) is 0. The molecule has 118 valence electrons. The number of aromatic nitrogens is 4. The van der Waals surface area contributed by atoms with E-state index in [-0.39, 0.29) is 5.56 Å². The Morgan fingerprint density at radius 1 is 1.27 bits per heavy atom. The van der Waals surface area contributed by atoms with Crippen molar-refractivity contribution in [3.05, 3.63) is 34.5 Å². The van der Waals surface area contributed by atoms with Gasteiger partial charge in [-0.05, 0) is 19.4 Å². The van der Waals surface area contributed by atoms with Crippen LogP contribution in [0.15, 0.2) is 23.3 Å². The first kappa shape index (κ1) is 16.0. The molecule has 0 aliphatic heterocycles. The highest BCUT2D eigenvalue weighted by atomic mass is 16.5. The molecule has 3 heterocycles. The molecule has 3 rings (SSSR count). The summed E-state index contributed by atoms with van der Waals surface area (Å²) in [5.74, 6) is 0.520. The Balaban J connectivity index is 0.000000847. The lowest BCUT2D eigenvalue weighted by Crippen LogP contribution is -2.23. The Bertz CT molecular complexity index is 849. The molecule has 3 aromatic rings. The molecule has 0 radical (unpaired) electrons. The average Bonchev–Trinajstić information content (AvgIpc) is 2.95. The van der Waals surface area contributed by atoms with Crippen LogP contribution in [0.1, 0.15) is 32.9 Å². The maximum atomic E-state index is 12.6. The summed E-state index contributed by atoms with van der Waals surface area (Å²) >= 11 is 0. The van der Waals surface area contributed by atoms with Crippen molar-refractivity contribution in [1.29, 1.82) is 0 Å². The second-order valence-corrected chi connectivity index (χ2v) is 4.70. The lowest BCUT2D eigenvalue weighted by Gasteiger charge is -2.11. The third-order valence-electron chi connectivity index (χ3n) is 3.40. The predicted octanol–water partition coefficient (Wildman–Crippen LogP) is 2.80. The second-order valence-electron chi connectivity index (χ2n) is 4.70. The van der Waals surface area contributed by atoms with Gasteiger partial charge in [0.05, 0.1) is 18.3 Å². The van der Waals surface area contributed by atoms with Gasteiger partial charge in [0.25, 0.3) is 5.56 Å². The molecule has 0 saturated heterocycles. The summed E-state index contributed by atoms with van der Waals surface area (Å²) in [6.07, 6.45) is 2.52. The summed E-state index contributed by atoms with van der Waals surface area (Å²) < 4.78 is 8.67. The third-order valence-corrected chi connectivity index (χ3v) is 3.40. The molecule has 3 aromatic heterocycles. The SMILES string of the molecule is CC.CCCn1c(=O)c2c(C)ncn2c2nc(OC)ccc21. The van der Waals surface area contributed by atoms with Gasteiger partial charge in [-0.1, -0.05) is 20.8 Å². The number of aryl methyl sites for hydroxylation is 2. The van der Waals surface area contributed by atoms with Gasteiger partial charge in [0, 0.05) is 12.6 Å². The Labute approximate surface area is 129 Å². The summed E-state index contributed by atoms with van der Waals surface area (Å²) in [5, 5.41) is 0. The summed E-state index contributed by atoms with van der Waals surface area (Å²) in [7, 11) is 1.58. The van der Waals surface area contributed by atoms with Gasteiger partial charge in [-0.25, -0.2) is 4.98 Å². The molecule has 0 saturated carbocycles. The van der Waals surface area contributed by atoms with Crippen LogP contribution in [0.2, 0.25) is 0 Å². The van der Waals surface area contributed by atoms with E-state index in [1.807, 2.05) is 33.8 Å². The van der Waals surface area contributed by atoms with E-state index < -0.39 is 0 Å². The van der Waals surface area contributed by atoms with Crippen LogP contribution < -0.4 is 10.3 Å². The summed E-state index contributed by atoms with van der Waals surface area (Å²) in [4.78, 5) is 21.3. The minimum atomic E-state index is -0.0266. The van der Waals surface area contributed by atoms with E-state index in [0.717, 1.165) is 11.9 Å². The molecular formula is C16H22N4O2. The molecule has 0 amide bonds. The van der Waals surface area contributed by atoms with Gasteiger partial charge in [0.15, 0.2) is 5.65 Å². The quantitative estimate of drug-likeness (QED) is 0.746. The smallest absolute Gasteiger partial charge is 0.277 e. The first-order valence-electron chi connectivity index (χ1n) is 7.58. The van der Waals surface area contributed by atoms with Gasteiger partial charge in [-0.15, -0.1) is 0 Å². The Morgan fingerprint density at radius 2 is 2.00 bits per heavy atom. The molecular weight excluding hydrogens is 280 g/mol. The van der Waals surface area contributed by atoms with Gasteiger partial charge < -0.3 is 9.30 Å². The zero-order valence-corrected chi connectivity index (χ0v) is 13.8. The molecule has 0 aliphatic rings. The maximum absolute atomic E-state index is 12.6. The van der Waals surface area contributed by atoms with Crippen LogP contribution in [-0.4, -0.2) is 26.0 Å². The molecule has 6 nitrogen and oxygen atoms in total. The number of pyridine rings is 1. The van der Waals surface area contributed by atoms with Crippen molar-refractivity contribution in [2.24, 2.45) is 0 Å². The average molecular weight is 302 g/mol. The van der Waals surface area contributed by atoms with E-state index in [1.165, 1.54) is 0 Å². The highest BCUT2D eigenvalue weighted by Crippen LogP contribution is 2.18. The first-order valence-corrected chi connectivity index (χ1v) is 7.58. The monoisotopic (exact) mass is 302 g/mol. The molecule has 0 unspecified atom stereocenters. The summed E-state index contributed by atoms with van der Waals surface area (Å²) in [6, 6.07) is 3.64. The van der Waals surface area contributed by atoms with Gasteiger partial charge in [-0.3, -0.25) is 9.20 Å². The highest BCUT2D eigenvalue weighted by Gasteiger charge is 2.14. The lowest BCUT2D eigenvalue weighted by atomic mass is 10.3. The third kappa shape index (κ3) is 2.45. The minimum Gasteiger partial charge on any atom is -0.481 e. The van der Waals surface area contributed by atoms with Crippen LogP contribution in [0, 0.1) is 6.92 Å². The topological polar surface area (TPSA) is 61.4 Å². The van der Waals surface area contributed by atoms with Crippen molar-refractivity contribution in [1.82, 2.24) is 18.9 Å². The number of hydrogen-bond acceptors (Lipinski definition) is 4. The minimum absolute atomic E-state index is 0.0266. The molecule has 0 bridgehead atoms. The van der Waals surface area contributed by atoms with Crippen molar-refractivity contribution in [3.8, 4) is 5.88 Å². The van der Waals surface area contributed by atoms with Crippen LogP contribution >= 0.6 is 0 Å². The standard InChI is InChI=1S/C14H16N4O2.C2H6/c1-4-7-17-10-5-6-11(20-3)16-13(10)18-8-15-9(2)12(18)14(17)19;1-2/h5-6,8H,4,7H2,1-3H3;1-2H3. The molecule has 0 fully saturated rings. The number of imidazole rings is 1. The van der Waals surface area contributed by atoms with E-state index in [9.17, 15) is 4.79 Å². The van der Waals surface area contributed by atoms with Crippen LogP contribution in [0.25, 0.3) is 16.7 Å². The van der Waals surface area contributed by atoms with E-state index >= 15 is 0 Å². The van der Waals surface area contributed by atoms with Crippen LogP contribution in [-0.2, 0) is 6.54 Å². The van der Waals surface area contributed by atoms with Crippen LogP contribution in [0.4, 0.5) is 0 Å². The number of rotatable bonds is 3. The van der Waals surface area contributed by atoms with Gasteiger partial charge in [-0.2, -0.15) is 4.98 Å². The Morgan fingerprint density at radius 3 is 2.64 bits per heavy atom. The van der Waals surface area contributed by atoms with E-state index in [4.69, 9.17) is 4.74 Å². The fraction of sp³-hybridized carbons (Fsp3) is 0.438. The van der Waals surface area contributed by atoms with Crippen molar-refractivity contribution in [2.45, 2.75) is 40.7 Å². The van der Waals surface area contributed by atoms with Crippen LogP contribution in [0.5, 0.6) is 5.88 Å². The molecule has 0 aromatic carbocycles. The van der Waals surface area contributed by atoms with E-state index in [1.54, 1.807) is 28.5 Å². The lowest BCUT2D eigenvalue weighted by molar-refractivity contribution is 0.399. The van der Waals surface area contributed by atoms with Crippen molar-refractivity contribution in [3.63, 3.8) is 0 Å². The molecule has 0 N–H and O–H groups in total. The Hall–Kier alpha value is -2.37. The van der Waals surface area contributed by atoms with Gasteiger partial charge >= 0.3 is 0 Å². The first-order chi connectivity index (χ1) is 10.7. The normalized spacial score (nSPS) is 10.6. The summed E-state index contributed by atoms with van der Waals surface area (Å²) in [6.45, 7) is 8.53. The second kappa shape index (κ2) is 6.60. The number of fused-ring (bicyclic) bond motifs is 3. The van der Waals surface area contributed by atoms with E-state index in [2.05, 4.69) is 9.97 Å². The predicted molar refractivity (Wildman–Crippen MR) is 87.7 cm³/mol. The zero-order chi connectivity index (χ0) is 16.3. The molecule has 22 heavy (non-hydrogen) atoms. The van der Waals surface area contributed by atoms with Gasteiger partial charge in [0.2, 0.25) is 5.88 Å².